The first-order chi connectivity index (χ1) is 6.66. The fourth-order valence-corrected chi connectivity index (χ4v) is 1.58. The average molecular weight is 208 g/mol. The number of aryl methyl sites for hydroxylation is 2. The maximum Gasteiger partial charge on any atom is 0.242 e. The van der Waals surface area contributed by atoms with Crippen LogP contribution in [0.15, 0.2) is 24.3 Å². The summed E-state index contributed by atoms with van der Waals surface area (Å²) >= 11 is 5.71. The predicted molar refractivity (Wildman–Crippen MR) is 56.2 cm³/mol. The molecule has 1 heterocycles. The molecule has 2 aromatic rings. The molecule has 0 saturated heterocycles. The second-order valence-corrected chi connectivity index (χ2v) is 3.54. The van der Waals surface area contributed by atoms with Crippen LogP contribution in [0.4, 0.5) is 0 Å². The van der Waals surface area contributed by atoms with Crippen LogP contribution in [-0.4, -0.2) is 14.8 Å². The lowest BCUT2D eigenvalue weighted by atomic mass is 10.1. The first-order valence-corrected chi connectivity index (χ1v) is 4.68. The number of benzene rings is 1. The number of aromatic nitrogens is 3. The van der Waals surface area contributed by atoms with Gasteiger partial charge in [-0.25, -0.2) is 4.68 Å². The van der Waals surface area contributed by atoms with E-state index in [1.54, 1.807) is 4.68 Å². The molecule has 0 bridgehead atoms. The molecule has 0 radical (unpaired) electrons. The number of halogens is 1. The predicted octanol–water partition coefficient (Wildman–Crippen LogP) is 2.44. The second-order valence-electron chi connectivity index (χ2n) is 3.20. The van der Waals surface area contributed by atoms with E-state index >= 15 is 0 Å². The second kappa shape index (κ2) is 3.42. The van der Waals surface area contributed by atoms with Gasteiger partial charge in [0.05, 0.1) is 0 Å². The molecule has 4 heteroatoms. The van der Waals surface area contributed by atoms with E-state index in [4.69, 9.17) is 11.6 Å². The van der Waals surface area contributed by atoms with Gasteiger partial charge in [0, 0.05) is 12.6 Å². The third-order valence-corrected chi connectivity index (χ3v) is 2.17. The Hall–Kier alpha value is -1.35. The molecule has 0 aliphatic rings. The third kappa shape index (κ3) is 1.63. The Kier molecular flexibility index (Phi) is 2.25. The van der Waals surface area contributed by atoms with Crippen LogP contribution in [0.3, 0.4) is 0 Å². The van der Waals surface area contributed by atoms with E-state index in [1.165, 1.54) is 5.56 Å². The van der Waals surface area contributed by atoms with Gasteiger partial charge in [0.25, 0.3) is 0 Å². The molecule has 0 saturated carbocycles. The monoisotopic (exact) mass is 207 g/mol. The van der Waals surface area contributed by atoms with Crippen LogP contribution >= 0.6 is 11.6 Å². The summed E-state index contributed by atoms with van der Waals surface area (Å²) in [6, 6.07) is 8.09. The van der Waals surface area contributed by atoms with Crippen molar-refractivity contribution in [2.24, 2.45) is 7.05 Å². The van der Waals surface area contributed by atoms with Gasteiger partial charge in [-0.2, -0.15) is 4.98 Å². The van der Waals surface area contributed by atoms with Gasteiger partial charge in [0.1, 0.15) is 0 Å². The minimum atomic E-state index is 0.281. The molecule has 0 aliphatic carbocycles. The van der Waals surface area contributed by atoms with Gasteiger partial charge in [0.15, 0.2) is 5.82 Å². The Morgan fingerprint density at radius 1 is 1.36 bits per heavy atom. The highest BCUT2D eigenvalue weighted by molar-refractivity contribution is 6.28. The van der Waals surface area contributed by atoms with Crippen molar-refractivity contribution in [3.05, 3.63) is 35.1 Å². The summed E-state index contributed by atoms with van der Waals surface area (Å²) in [6.07, 6.45) is 0. The average Bonchev–Trinajstić information content (AvgIpc) is 2.45. The maximum absolute atomic E-state index is 5.71. The van der Waals surface area contributed by atoms with Crippen molar-refractivity contribution in [2.45, 2.75) is 6.92 Å². The van der Waals surface area contributed by atoms with Gasteiger partial charge in [-0.1, -0.05) is 23.8 Å². The summed E-state index contributed by atoms with van der Waals surface area (Å²) in [4.78, 5) is 4.14. The molecule has 14 heavy (non-hydrogen) atoms. The Bertz CT molecular complexity index is 462. The molecule has 1 aromatic heterocycles. The first kappa shape index (κ1) is 9.21. The first-order valence-electron chi connectivity index (χ1n) is 4.30. The molecule has 0 aliphatic heterocycles. The lowest BCUT2D eigenvalue weighted by Crippen LogP contribution is -1.94. The van der Waals surface area contributed by atoms with E-state index in [1.807, 2.05) is 32.2 Å². The molecule has 0 unspecified atom stereocenters. The largest absolute Gasteiger partial charge is 0.247 e. The zero-order chi connectivity index (χ0) is 10.1. The van der Waals surface area contributed by atoms with E-state index in [0.29, 0.717) is 0 Å². The Morgan fingerprint density at radius 2 is 2.14 bits per heavy atom. The summed E-state index contributed by atoms with van der Waals surface area (Å²) < 4.78 is 1.68. The van der Waals surface area contributed by atoms with Crippen LogP contribution in [0.5, 0.6) is 0 Å². The van der Waals surface area contributed by atoms with Crippen molar-refractivity contribution < 1.29 is 0 Å². The van der Waals surface area contributed by atoms with Crippen molar-refractivity contribution >= 4 is 11.6 Å². The zero-order valence-corrected chi connectivity index (χ0v) is 8.78. The smallest absolute Gasteiger partial charge is 0.242 e. The van der Waals surface area contributed by atoms with Gasteiger partial charge < -0.3 is 0 Å². The minimum Gasteiger partial charge on any atom is -0.247 e. The maximum atomic E-state index is 5.71. The summed E-state index contributed by atoms with van der Waals surface area (Å²) in [5, 5.41) is 4.27. The van der Waals surface area contributed by atoms with Crippen molar-refractivity contribution in [1.29, 1.82) is 0 Å². The minimum absolute atomic E-state index is 0.281. The van der Waals surface area contributed by atoms with Crippen LogP contribution in [0.2, 0.25) is 5.28 Å². The highest BCUT2D eigenvalue weighted by Gasteiger charge is 2.07. The zero-order valence-electron chi connectivity index (χ0n) is 8.03. The molecule has 0 atom stereocenters. The van der Waals surface area contributed by atoms with Gasteiger partial charge in [-0.15, -0.1) is 5.10 Å². The molecular formula is C10H10ClN3. The highest BCUT2D eigenvalue weighted by Crippen LogP contribution is 2.18. The van der Waals surface area contributed by atoms with E-state index in [-0.39, 0.29) is 5.28 Å². The van der Waals surface area contributed by atoms with Crippen molar-refractivity contribution in [1.82, 2.24) is 14.8 Å². The molecule has 0 fully saturated rings. The van der Waals surface area contributed by atoms with E-state index in [9.17, 15) is 0 Å². The molecule has 0 N–H and O–H groups in total. The number of rotatable bonds is 1. The highest BCUT2D eigenvalue weighted by atomic mass is 35.5. The molecule has 0 spiro atoms. The van der Waals surface area contributed by atoms with Crippen molar-refractivity contribution in [3.63, 3.8) is 0 Å². The van der Waals surface area contributed by atoms with E-state index in [2.05, 4.69) is 16.1 Å². The number of hydrogen-bond acceptors (Lipinski definition) is 2. The normalized spacial score (nSPS) is 10.5. The van der Waals surface area contributed by atoms with E-state index < -0.39 is 0 Å². The fourth-order valence-electron chi connectivity index (χ4n) is 1.39. The molecule has 72 valence electrons. The molecule has 1 aromatic carbocycles. The summed E-state index contributed by atoms with van der Waals surface area (Å²) in [5.74, 6) is 0.790. The number of hydrogen-bond donors (Lipinski definition) is 0. The van der Waals surface area contributed by atoms with Crippen LogP contribution in [0.25, 0.3) is 11.4 Å². The Labute approximate surface area is 87.3 Å². The lowest BCUT2D eigenvalue weighted by Gasteiger charge is -2.00. The SMILES string of the molecule is Cc1cccc(-c2nc(Cl)nn2C)c1. The summed E-state index contributed by atoms with van der Waals surface area (Å²) in [6.45, 7) is 2.04. The van der Waals surface area contributed by atoms with E-state index in [0.717, 1.165) is 11.4 Å². The number of nitrogens with zero attached hydrogens (tertiary/aromatic N) is 3. The standard InChI is InChI=1S/C10H10ClN3/c1-7-4-3-5-8(6-7)9-12-10(11)13-14(9)2/h3-6H,1-2H3. The van der Waals surface area contributed by atoms with Gasteiger partial charge in [0.2, 0.25) is 5.28 Å². The van der Waals surface area contributed by atoms with Gasteiger partial charge in [-0.05, 0) is 24.6 Å². The summed E-state index contributed by atoms with van der Waals surface area (Å²) in [7, 11) is 1.83. The van der Waals surface area contributed by atoms with Gasteiger partial charge >= 0.3 is 0 Å². The van der Waals surface area contributed by atoms with Crippen LogP contribution in [0, 0.1) is 6.92 Å². The van der Waals surface area contributed by atoms with Crippen molar-refractivity contribution in [3.8, 4) is 11.4 Å². The topological polar surface area (TPSA) is 30.7 Å². The molecule has 0 amide bonds. The third-order valence-electron chi connectivity index (χ3n) is 2.01. The quantitative estimate of drug-likeness (QED) is 0.719. The Balaban J connectivity index is 2.54. The van der Waals surface area contributed by atoms with Crippen LogP contribution in [-0.2, 0) is 7.05 Å². The fraction of sp³-hybridized carbons (Fsp3) is 0.200. The van der Waals surface area contributed by atoms with Crippen LogP contribution < -0.4 is 0 Å². The molecule has 3 nitrogen and oxygen atoms in total. The lowest BCUT2D eigenvalue weighted by molar-refractivity contribution is 0.775. The van der Waals surface area contributed by atoms with Crippen LogP contribution in [0.1, 0.15) is 5.56 Å². The van der Waals surface area contributed by atoms with Gasteiger partial charge in [-0.3, -0.25) is 0 Å². The van der Waals surface area contributed by atoms with Crippen molar-refractivity contribution in [2.75, 3.05) is 0 Å². The molecule has 2 rings (SSSR count). The molecular weight excluding hydrogens is 198 g/mol. The Morgan fingerprint density at radius 3 is 2.71 bits per heavy atom. The summed E-state index contributed by atoms with van der Waals surface area (Å²) in [5.41, 5.74) is 2.23.